The number of esters is 1. The average Bonchev–Trinajstić information content (AvgIpc) is 3.28. The SMILES string of the molecule is CCn1c(-c2ccc(-n3c(C)nn(C)c3=O)cc2)cc2c(C(F)(F)F)ccc(C(=O)OC)c21. The molecule has 0 amide bonds. The van der Waals surface area contributed by atoms with Crippen molar-refractivity contribution in [2.24, 2.45) is 7.05 Å². The fraction of sp³-hybridized carbons (Fsp3) is 0.261. The number of rotatable bonds is 4. The lowest BCUT2D eigenvalue weighted by atomic mass is 10.0. The highest BCUT2D eigenvalue weighted by molar-refractivity contribution is 6.06. The van der Waals surface area contributed by atoms with E-state index in [2.05, 4.69) is 5.10 Å². The number of carbonyl (C=O) groups excluding carboxylic acids is 1. The molecular weight excluding hydrogens is 437 g/mol. The number of ether oxygens (including phenoxy) is 1. The Balaban J connectivity index is 1.94. The van der Waals surface area contributed by atoms with Gasteiger partial charge in [0.1, 0.15) is 5.82 Å². The Hall–Kier alpha value is -3.82. The van der Waals surface area contributed by atoms with Crippen molar-refractivity contribution in [2.45, 2.75) is 26.6 Å². The summed E-state index contributed by atoms with van der Waals surface area (Å²) in [4.78, 5) is 24.6. The summed E-state index contributed by atoms with van der Waals surface area (Å²) in [6.07, 6.45) is -4.59. The Kier molecular flexibility index (Phi) is 5.39. The number of benzene rings is 2. The van der Waals surface area contributed by atoms with Crippen LogP contribution in [0.2, 0.25) is 0 Å². The lowest BCUT2D eigenvalue weighted by Gasteiger charge is -2.13. The third-order valence-corrected chi connectivity index (χ3v) is 5.59. The van der Waals surface area contributed by atoms with Gasteiger partial charge >= 0.3 is 17.8 Å². The monoisotopic (exact) mass is 458 g/mol. The van der Waals surface area contributed by atoms with Gasteiger partial charge in [-0.1, -0.05) is 12.1 Å². The number of halogens is 3. The fourth-order valence-electron chi connectivity index (χ4n) is 4.14. The molecule has 0 aliphatic heterocycles. The Morgan fingerprint density at radius 1 is 1.12 bits per heavy atom. The van der Waals surface area contributed by atoms with Crippen molar-refractivity contribution in [2.75, 3.05) is 7.11 Å². The van der Waals surface area contributed by atoms with E-state index >= 15 is 0 Å². The molecule has 10 heteroatoms. The van der Waals surface area contributed by atoms with E-state index in [1.807, 2.05) is 0 Å². The summed E-state index contributed by atoms with van der Waals surface area (Å²) in [5.41, 5.74) is 0.819. The number of nitrogens with zero attached hydrogens (tertiary/aromatic N) is 4. The molecule has 2 heterocycles. The van der Waals surface area contributed by atoms with Crippen molar-refractivity contribution in [3.63, 3.8) is 0 Å². The van der Waals surface area contributed by atoms with Gasteiger partial charge in [0, 0.05) is 24.7 Å². The topological polar surface area (TPSA) is 71.0 Å². The molecular formula is C23H21F3N4O3. The Labute approximate surface area is 186 Å². The first-order chi connectivity index (χ1) is 15.6. The van der Waals surface area contributed by atoms with Crippen LogP contribution < -0.4 is 5.69 Å². The minimum atomic E-state index is -4.59. The molecule has 0 radical (unpaired) electrons. The minimum Gasteiger partial charge on any atom is -0.465 e. The van der Waals surface area contributed by atoms with Gasteiger partial charge in [-0.2, -0.15) is 18.3 Å². The molecule has 0 saturated heterocycles. The van der Waals surface area contributed by atoms with Crippen LogP contribution in [0.4, 0.5) is 13.2 Å². The molecule has 7 nitrogen and oxygen atoms in total. The largest absolute Gasteiger partial charge is 0.465 e. The van der Waals surface area contributed by atoms with Crippen LogP contribution in [0.15, 0.2) is 47.3 Å². The summed E-state index contributed by atoms with van der Waals surface area (Å²) < 4.78 is 50.3. The van der Waals surface area contributed by atoms with Gasteiger partial charge in [0.15, 0.2) is 0 Å². The van der Waals surface area contributed by atoms with E-state index in [1.165, 1.54) is 22.4 Å². The van der Waals surface area contributed by atoms with Gasteiger partial charge < -0.3 is 9.30 Å². The molecule has 4 rings (SSSR count). The van der Waals surface area contributed by atoms with E-state index in [4.69, 9.17) is 4.74 Å². The maximum absolute atomic E-state index is 13.7. The van der Waals surface area contributed by atoms with Crippen LogP contribution in [0, 0.1) is 6.92 Å². The summed E-state index contributed by atoms with van der Waals surface area (Å²) in [7, 11) is 2.74. The standard InChI is InChI=1S/C23H21F3N4O3/c1-5-29-19(14-6-8-15(9-7-14)30-13(2)27-28(3)22(30)32)12-17-18(23(24,25)26)11-10-16(20(17)29)21(31)33-4/h6-12H,5H2,1-4H3. The van der Waals surface area contributed by atoms with Crippen molar-refractivity contribution in [3.05, 3.63) is 69.9 Å². The molecule has 0 aliphatic carbocycles. The third-order valence-electron chi connectivity index (χ3n) is 5.59. The summed E-state index contributed by atoms with van der Waals surface area (Å²) in [6, 6.07) is 10.3. The maximum atomic E-state index is 13.7. The predicted molar refractivity (Wildman–Crippen MR) is 116 cm³/mol. The first-order valence-corrected chi connectivity index (χ1v) is 10.1. The molecule has 4 aromatic rings. The average molecular weight is 458 g/mol. The van der Waals surface area contributed by atoms with Crippen LogP contribution in [0.1, 0.15) is 28.7 Å². The van der Waals surface area contributed by atoms with Crippen LogP contribution in [0.3, 0.4) is 0 Å². The fourth-order valence-corrected chi connectivity index (χ4v) is 4.14. The molecule has 2 aromatic carbocycles. The zero-order chi connectivity index (χ0) is 24.1. The number of methoxy groups -OCH3 is 1. The lowest BCUT2D eigenvalue weighted by molar-refractivity contribution is -0.136. The molecule has 0 saturated carbocycles. The van der Waals surface area contributed by atoms with Gasteiger partial charge in [0.2, 0.25) is 0 Å². The molecule has 0 spiro atoms. The number of fused-ring (bicyclic) bond motifs is 1. The van der Waals surface area contributed by atoms with Gasteiger partial charge in [-0.05, 0) is 49.7 Å². The van der Waals surface area contributed by atoms with Gasteiger partial charge in [-0.15, -0.1) is 0 Å². The first kappa shape index (κ1) is 22.4. The van der Waals surface area contributed by atoms with Gasteiger partial charge in [0.05, 0.1) is 29.4 Å². The van der Waals surface area contributed by atoms with Crippen LogP contribution in [0.5, 0.6) is 0 Å². The zero-order valence-electron chi connectivity index (χ0n) is 18.4. The summed E-state index contributed by atoms with van der Waals surface area (Å²) in [5.74, 6) is -0.203. The predicted octanol–water partition coefficient (Wildman–Crippen LogP) is 4.33. The molecule has 172 valence electrons. The highest BCUT2D eigenvalue weighted by Gasteiger charge is 2.35. The second-order valence-electron chi connectivity index (χ2n) is 7.52. The van der Waals surface area contributed by atoms with E-state index in [9.17, 15) is 22.8 Å². The number of aromatic nitrogens is 4. The summed E-state index contributed by atoms with van der Waals surface area (Å²) in [5, 5.41) is 4.03. The van der Waals surface area contributed by atoms with Crippen molar-refractivity contribution >= 4 is 16.9 Å². The molecule has 33 heavy (non-hydrogen) atoms. The molecule has 0 fully saturated rings. The highest BCUT2D eigenvalue weighted by Crippen LogP contribution is 2.40. The van der Waals surface area contributed by atoms with Crippen molar-refractivity contribution < 1.29 is 22.7 Å². The van der Waals surface area contributed by atoms with E-state index in [0.29, 0.717) is 29.3 Å². The smallest absolute Gasteiger partial charge is 0.417 e. The molecule has 0 bridgehead atoms. The lowest BCUT2D eigenvalue weighted by Crippen LogP contribution is -2.21. The molecule has 2 aromatic heterocycles. The second-order valence-corrected chi connectivity index (χ2v) is 7.52. The normalized spacial score (nSPS) is 11.8. The summed E-state index contributed by atoms with van der Waals surface area (Å²) in [6.45, 7) is 3.82. The highest BCUT2D eigenvalue weighted by atomic mass is 19.4. The van der Waals surface area contributed by atoms with Crippen molar-refractivity contribution in [1.29, 1.82) is 0 Å². The molecule has 0 unspecified atom stereocenters. The number of alkyl halides is 3. The second kappa shape index (κ2) is 7.95. The van der Waals surface area contributed by atoms with E-state index in [1.54, 1.807) is 49.7 Å². The van der Waals surface area contributed by atoms with Crippen LogP contribution in [-0.2, 0) is 24.5 Å². The maximum Gasteiger partial charge on any atom is 0.417 e. The van der Waals surface area contributed by atoms with E-state index in [0.717, 1.165) is 12.1 Å². The Morgan fingerprint density at radius 3 is 2.30 bits per heavy atom. The van der Waals surface area contributed by atoms with Gasteiger partial charge in [-0.25, -0.2) is 18.8 Å². The zero-order valence-corrected chi connectivity index (χ0v) is 18.4. The summed E-state index contributed by atoms with van der Waals surface area (Å²) >= 11 is 0. The quantitative estimate of drug-likeness (QED) is 0.427. The Bertz CT molecular complexity index is 1430. The van der Waals surface area contributed by atoms with E-state index in [-0.39, 0.29) is 22.2 Å². The van der Waals surface area contributed by atoms with E-state index < -0.39 is 17.7 Å². The van der Waals surface area contributed by atoms with Crippen LogP contribution in [0.25, 0.3) is 27.8 Å². The molecule has 0 N–H and O–H groups in total. The third kappa shape index (κ3) is 3.61. The minimum absolute atomic E-state index is 0.0581. The van der Waals surface area contributed by atoms with Crippen LogP contribution >= 0.6 is 0 Å². The number of hydrogen-bond acceptors (Lipinski definition) is 4. The molecule has 0 atom stereocenters. The first-order valence-electron chi connectivity index (χ1n) is 10.1. The Morgan fingerprint density at radius 2 is 1.79 bits per heavy atom. The van der Waals surface area contributed by atoms with Gasteiger partial charge in [-0.3, -0.25) is 0 Å². The van der Waals surface area contributed by atoms with Crippen LogP contribution in [-0.4, -0.2) is 32.0 Å². The van der Waals surface area contributed by atoms with Gasteiger partial charge in [0.25, 0.3) is 0 Å². The van der Waals surface area contributed by atoms with Crippen molar-refractivity contribution in [3.8, 4) is 16.9 Å². The number of aryl methyl sites for hydroxylation is 3. The number of hydrogen-bond donors (Lipinski definition) is 0. The molecule has 0 aliphatic rings. The van der Waals surface area contributed by atoms with Crippen molar-refractivity contribution in [1.82, 2.24) is 18.9 Å². The number of carbonyl (C=O) groups is 1.